The maximum absolute atomic E-state index is 14.0. The van der Waals surface area contributed by atoms with Crippen LogP contribution in [0.3, 0.4) is 0 Å². The largest absolute Gasteiger partial charge is 0.457 e. The van der Waals surface area contributed by atoms with Gasteiger partial charge in [-0.15, -0.1) is 0 Å². The molecular formula is C63H100O32. The Kier molecular flexibility index (Phi) is 24.3. The number of rotatable bonds is 21. The van der Waals surface area contributed by atoms with E-state index in [0.717, 1.165) is 19.3 Å². The van der Waals surface area contributed by atoms with E-state index in [1.807, 2.05) is 6.92 Å². The third kappa shape index (κ3) is 15.0. The molecule has 0 spiro atoms. The maximum atomic E-state index is 14.0. The number of ether oxygens (including phenoxy) is 16. The lowest BCUT2D eigenvalue weighted by molar-refractivity contribution is -0.378. The highest BCUT2D eigenvalue weighted by Gasteiger charge is 2.64. The van der Waals surface area contributed by atoms with Gasteiger partial charge in [0.1, 0.15) is 116 Å². The third-order valence-corrected chi connectivity index (χ3v) is 22.1. The molecule has 10 aliphatic rings. The van der Waals surface area contributed by atoms with Crippen LogP contribution < -0.4 is 0 Å². The average molecular weight is 1370 g/mol. The number of hydrogen-bond donors (Lipinski definition) is 13. The molecule has 0 amide bonds. The zero-order valence-corrected chi connectivity index (χ0v) is 54.8. The molecule has 0 aromatic carbocycles. The number of esters is 2. The van der Waals surface area contributed by atoms with E-state index in [2.05, 4.69) is 19.9 Å². The van der Waals surface area contributed by atoms with Gasteiger partial charge in [0.15, 0.2) is 49.9 Å². The van der Waals surface area contributed by atoms with Gasteiger partial charge in [0.25, 0.3) is 0 Å². The van der Waals surface area contributed by atoms with E-state index >= 15 is 0 Å². The molecule has 0 radical (unpaired) electrons. The Morgan fingerprint density at radius 2 is 1.03 bits per heavy atom. The number of ketones is 1. The lowest BCUT2D eigenvalue weighted by Crippen LogP contribution is -2.65. The Hall–Kier alpha value is -2.73. The van der Waals surface area contributed by atoms with E-state index < -0.39 is 234 Å². The van der Waals surface area contributed by atoms with E-state index in [-0.39, 0.29) is 35.1 Å². The first-order valence-corrected chi connectivity index (χ1v) is 33.1. The number of fused-ring (bicyclic) bond motifs is 5. The molecule has 32 nitrogen and oxygen atoms in total. The van der Waals surface area contributed by atoms with Gasteiger partial charge in [-0.2, -0.15) is 0 Å². The summed E-state index contributed by atoms with van der Waals surface area (Å²) < 4.78 is 96.3. The Morgan fingerprint density at radius 3 is 1.62 bits per heavy atom. The topological polar surface area (TPSA) is 462 Å². The molecule has 0 bridgehead atoms. The van der Waals surface area contributed by atoms with Crippen molar-refractivity contribution in [2.45, 2.75) is 290 Å². The van der Waals surface area contributed by atoms with Crippen LogP contribution in [0.5, 0.6) is 0 Å². The van der Waals surface area contributed by atoms with Crippen LogP contribution in [0.25, 0.3) is 0 Å². The van der Waals surface area contributed by atoms with Gasteiger partial charge in [-0.25, -0.2) is 0 Å². The number of aliphatic hydroxyl groups excluding tert-OH is 13. The molecule has 6 heterocycles. The van der Waals surface area contributed by atoms with Crippen molar-refractivity contribution in [2.24, 2.45) is 34.5 Å². The van der Waals surface area contributed by atoms with E-state index in [9.17, 15) is 80.8 Å². The van der Waals surface area contributed by atoms with Crippen molar-refractivity contribution in [2.75, 3.05) is 40.6 Å². The first-order valence-electron chi connectivity index (χ1n) is 33.1. The Labute approximate surface area is 549 Å². The molecule has 0 aromatic rings. The molecule has 95 heavy (non-hydrogen) atoms. The quantitative estimate of drug-likeness (QED) is 0.0384. The second-order valence-electron chi connectivity index (χ2n) is 27.9. The second-order valence-corrected chi connectivity index (χ2v) is 27.9. The second kappa shape index (κ2) is 30.8. The van der Waals surface area contributed by atoms with Crippen molar-refractivity contribution in [1.29, 1.82) is 0 Å². The first-order chi connectivity index (χ1) is 45.0. The molecule has 0 aromatic heterocycles. The maximum Gasteiger partial charge on any atom is 0.303 e. The van der Waals surface area contributed by atoms with Crippen LogP contribution >= 0.6 is 0 Å². The molecule has 6 aliphatic heterocycles. The lowest BCUT2D eigenvalue weighted by atomic mass is 9.47. The minimum absolute atomic E-state index is 0.0388. The fraction of sp³-hybridized carbons (Fsp3) is 0.921. The molecule has 37 atom stereocenters. The summed E-state index contributed by atoms with van der Waals surface area (Å²) in [6.45, 7) is 8.85. The highest BCUT2D eigenvalue weighted by Crippen LogP contribution is 2.67. The summed E-state index contributed by atoms with van der Waals surface area (Å²) in [5.41, 5.74) is 0.515. The van der Waals surface area contributed by atoms with E-state index in [4.69, 9.17) is 75.8 Å². The summed E-state index contributed by atoms with van der Waals surface area (Å²) in [5.74, 6) is -1.68. The molecular weight excluding hydrogens is 1270 g/mol. The minimum atomic E-state index is -2.05. The van der Waals surface area contributed by atoms with Gasteiger partial charge in [-0.05, 0) is 94.3 Å². The Bertz CT molecular complexity index is 2600. The molecule has 37 unspecified atom stereocenters. The van der Waals surface area contributed by atoms with Crippen molar-refractivity contribution >= 4 is 17.7 Å². The van der Waals surface area contributed by atoms with Crippen molar-refractivity contribution in [1.82, 2.24) is 0 Å². The standard InChI is InChI=1S/C63H100O32/c1-23(66)40-33(89-58-50(78)47(75)43(71)37(92-58)22-83-60-54(95-59-51(79)46(74)42(70)36(20-65)91-59)48(76)44(72)38(93-60)21-82-57-49(77)45(73)41(69)35(19-64)90-57)17-32-30-11-10-28-16-29(12-14-62(28,6)31(30)13-15-63(32,40)7)88-39-18-34(80-8)52(24(2)84-39)94-61-56(87-27(5)68)55(81-9)53(25(3)85-61)86-26(4)67/h10,24-25,29-61,64-65,69-79H,11-22H2,1-9H3. The van der Waals surface area contributed by atoms with Crippen LogP contribution in [0.2, 0.25) is 0 Å². The van der Waals surface area contributed by atoms with E-state index in [1.165, 1.54) is 33.5 Å². The van der Waals surface area contributed by atoms with Crippen molar-refractivity contribution in [3.63, 3.8) is 0 Å². The highest BCUT2D eigenvalue weighted by molar-refractivity contribution is 5.80. The van der Waals surface area contributed by atoms with Crippen molar-refractivity contribution in [3.8, 4) is 0 Å². The van der Waals surface area contributed by atoms with Gasteiger partial charge in [-0.3, -0.25) is 14.4 Å². The van der Waals surface area contributed by atoms with Crippen LogP contribution in [-0.4, -0.2) is 315 Å². The molecule has 544 valence electrons. The van der Waals surface area contributed by atoms with E-state index in [1.54, 1.807) is 14.0 Å². The van der Waals surface area contributed by atoms with Crippen molar-refractivity contribution < 1.29 is 157 Å². The third-order valence-electron chi connectivity index (χ3n) is 22.1. The smallest absolute Gasteiger partial charge is 0.303 e. The predicted octanol–water partition coefficient (Wildman–Crippen LogP) is -4.03. The summed E-state index contributed by atoms with van der Waals surface area (Å²) in [7, 11) is 2.99. The fourth-order valence-corrected chi connectivity index (χ4v) is 17.1. The van der Waals surface area contributed by atoms with Gasteiger partial charge in [0.2, 0.25) is 0 Å². The van der Waals surface area contributed by atoms with Gasteiger partial charge in [-0.1, -0.05) is 25.5 Å². The van der Waals surface area contributed by atoms with Crippen molar-refractivity contribution in [3.05, 3.63) is 11.6 Å². The van der Waals surface area contributed by atoms with Gasteiger partial charge < -0.3 is 142 Å². The summed E-state index contributed by atoms with van der Waals surface area (Å²) in [5, 5.41) is 140. The summed E-state index contributed by atoms with van der Waals surface area (Å²) in [6, 6.07) is 0. The van der Waals surface area contributed by atoms with Gasteiger partial charge >= 0.3 is 11.9 Å². The molecule has 3 saturated carbocycles. The number of methoxy groups -OCH3 is 2. The summed E-state index contributed by atoms with van der Waals surface area (Å²) in [6.07, 6.45) is -36.7. The normalized spacial score (nSPS) is 50.9. The van der Waals surface area contributed by atoms with Crippen LogP contribution in [0.1, 0.15) is 99.8 Å². The first kappa shape index (κ1) is 74.9. The Balaban J connectivity index is 0.791. The summed E-state index contributed by atoms with van der Waals surface area (Å²) in [4.78, 5) is 38.4. The van der Waals surface area contributed by atoms with Crippen LogP contribution in [0, 0.1) is 34.5 Å². The lowest BCUT2D eigenvalue weighted by Gasteiger charge is -2.58. The Morgan fingerprint density at radius 1 is 0.505 bits per heavy atom. The molecule has 4 aliphatic carbocycles. The number of allylic oxidation sites excluding steroid dienone is 1. The number of hydrogen-bond acceptors (Lipinski definition) is 32. The zero-order valence-electron chi connectivity index (χ0n) is 54.8. The molecule has 32 heteroatoms. The average Bonchev–Trinajstić information content (AvgIpc) is 1.63. The molecule has 10 rings (SSSR count). The van der Waals surface area contributed by atoms with Crippen LogP contribution in [-0.2, 0) is 90.2 Å². The monoisotopic (exact) mass is 1370 g/mol. The zero-order chi connectivity index (χ0) is 69.0. The number of carbonyl (C=O) groups excluding carboxylic acids is 3. The fourth-order valence-electron chi connectivity index (χ4n) is 17.1. The molecule has 9 fully saturated rings. The SMILES string of the molecule is COC1CC(OC2CCC3(C)C(=CCC4C3CCC3(C)C4CC(OC4OC(COC5OC(COC6OC(CO)C(O)C(O)C6O)C(O)C(O)C5OC5OC(CO)C(O)C(O)C5O)C(O)C(O)C4O)C3C(C)=O)C2)OC(C)C1OC1OC(C)C(OC(C)=O)C(OC)C1OC(C)=O. The van der Waals surface area contributed by atoms with Gasteiger partial charge in [0.05, 0.1) is 56.9 Å². The highest BCUT2D eigenvalue weighted by atomic mass is 16.8. The minimum Gasteiger partial charge on any atom is -0.457 e. The number of carbonyl (C=O) groups is 3. The van der Waals surface area contributed by atoms with Gasteiger partial charge in [0, 0.05) is 40.4 Å². The van der Waals surface area contributed by atoms with Crippen LogP contribution in [0.15, 0.2) is 11.6 Å². The summed E-state index contributed by atoms with van der Waals surface area (Å²) >= 11 is 0. The van der Waals surface area contributed by atoms with E-state index in [0.29, 0.717) is 32.1 Å². The van der Waals surface area contributed by atoms with Crippen LogP contribution in [0.4, 0.5) is 0 Å². The molecule has 6 saturated heterocycles. The number of Topliss-reactive ketones (excluding diaryl/α,β-unsaturated/α-hetero) is 1. The number of aliphatic hydroxyl groups is 13. The molecule has 13 N–H and O–H groups in total. The predicted molar refractivity (Wildman–Crippen MR) is 314 cm³/mol.